The van der Waals surface area contributed by atoms with Crippen LogP contribution in [0.25, 0.3) is 0 Å². The van der Waals surface area contributed by atoms with Crippen molar-refractivity contribution < 1.29 is 19.4 Å². The van der Waals surface area contributed by atoms with Crippen LogP contribution in [0.4, 0.5) is 4.79 Å². The Labute approximate surface area is 125 Å². The minimum absolute atomic E-state index is 0.00139. The Morgan fingerprint density at radius 1 is 1.19 bits per heavy atom. The maximum Gasteiger partial charge on any atom is 0.315 e. The van der Waals surface area contributed by atoms with Crippen LogP contribution in [0.1, 0.15) is 51.4 Å². The van der Waals surface area contributed by atoms with Gasteiger partial charge in [-0.15, -0.1) is 0 Å². The number of rotatable bonds is 8. The van der Waals surface area contributed by atoms with Crippen LogP contribution in [0.5, 0.6) is 0 Å². The number of aliphatic carboxylic acids is 1. The summed E-state index contributed by atoms with van der Waals surface area (Å²) in [6.45, 7) is 1.75. The molecule has 0 saturated heterocycles. The first kappa shape index (κ1) is 16.1. The molecule has 0 atom stereocenters. The van der Waals surface area contributed by atoms with Gasteiger partial charge in [0.05, 0.1) is 18.6 Å². The summed E-state index contributed by atoms with van der Waals surface area (Å²) in [4.78, 5) is 23.0. The van der Waals surface area contributed by atoms with E-state index in [1.165, 1.54) is 12.8 Å². The summed E-state index contributed by atoms with van der Waals surface area (Å²) >= 11 is 0. The van der Waals surface area contributed by atoms with E-state index in [1.54, 1.807) is 0 Å². The Morgan fingerprint density at radius 3 is 2.52 bits per heavy atom. The highest BCUT2D eigenvalue weighted by Gasteiger charge is 2.35. The van der Waals surface area contributed by atoms with Crippen molar-refractivity contribution in [1.29, 1.82) is 0 Å². The van der Waals surface area contributed by atoms with Gasteiger partial charge in [-0.25, -0.2) is 4.79 Å². The summed E-state index contributed by atoms with van der Waals surface area (Å²) in [6.07, 6.45) is 7.04. The van der Waals surface area contributed by atoms with Crippen LogP contribution in [0, 0.1) is 5.92 Å². The summed E-state index contributed by atoms with van der Waals surface area (Å²) in [5.74, 6) is -0.134. The highest BCUT2D eigenvalue weighted by atomic mass is 16.5. The van der Waals surface area contributed by atoms with E-state index in [0.29, 0.717) is 13.2 Å². The van der Waals surface area contributed by atoms with Crippen LogP contribution < -0.4 is 10.6 Å². The molecule has 0 aromatic rings. The molecule has 0 spiro atoms. The number of carboxylic acids is 1. The molecule has 2 amide bonds. The second kappa shape index (κ2) is 7.64. The third-order valence-electron chi connectivity index (χ3n) is 4.26. The topological polar surface area (TPSA) is 87.7 Å². The second-order valence-corrected chi connectivity index (χ2v) is 6.31. The maximum atomic E-state index is 11.9. The molecule has 2 saturated carbocycles. The smallest absolute Gasteiger partial charge is 0.315 e. The van der Waals surface area contributed by atoms with Gasteiger partial charge in [0.25, 0.3) is 0 Å². The van der Waals surface area contributed by atoms with Gasteiger partial charge in [-0.1, -0.05) is 19.3 Å². The molecule has 0 unspecified atom stereocenters. The van der Waals surface area contributed by atoms with Gasteiger partial charge in [-0.2, -0.15) is 0 Å². The van der Waals surface area contributed by atoms with Crippen LogP contribution >= 0.6 is 0 Å². The predicted octanol–water partition coefficient (Wildman–Crippen LogP) is 1.89. The number of hydrogen-bond acceptors (Lipinski definition) is 3. The average Bonchev–Trinajstić information content (AvgIpc) is 3.22. The van der Waals surface area contributed by atoms with E-state index in [2.05, 4.69) is 10.6 Å². The molecule has 0 aliphatic heterocycles. The molecular formula is C15H26N2O4. The van der Waals surface area contributed by atoms with Crippen molar-refractivity contribution in [2.24, 2.45) is 5.92 Å². The maximum absolute atomic E-state index is 11.9. The van der Waals surface area contributed by atoms with Crippen LogP contribution in [0.2, 0.25) is 0 Å². The lowest BCUT2D eigenvalue weighted by Crippen LogP contribution is -2.54. The van der Waals surface area contributed by atoms with Gasteiger partial charge in [0, 0.05) is 13.2 Å². The fourth-order valence-electron chi connectivity index (χ4n) is 2.92. The highest BCUT2D eigenvalue weighted by Crippen LogP contribution is 2.31. The number of carbonyl (C=O) groups excluding carboxylic acids is 1. The van der Waals surface area contributed by atoms with Crippen LogP contribution in [0.15, 0.2) is 0 Å². The van der Waals surface area contributed by atoms with Gasteiger partial charge in [0.1, 0.15) is 0 Å². The summed E-state index contributed by atoms with van der Waals surface area (Å²) in [7, 11) is 0. The third-order valence-corrected chi connectivity index (χ3v) is 4.26. The van der Waals surface area contributed by atoms with Gasteiger partial charge >= 0.3 is 12.0 Å². The minimum Gasteiger partial charge on any atom is -0.481 e. The summed E-state index contributed by atoms with van der Waals surface area (Å²) in [5.41, 5.74) is -0.580. The zero-order valence-electron chi connectivity index (χ0n) is 12.5. The molecule has 0 bridgehead atoms. The Bertz CT molecular complexity index is 363. The molecule has 21 heavy (non-hydrogen) atoms. The van der Waals surface area contributed by atoms with Gasteiger partial charge in [-0.05, 0) is 31.6 Å². The lowest BCUT2D eigenvalue weighted by atomic mass is 9.79. The molecule has 0 aromatic heterocycles. The summed E-state index contributed by atoms with van der Waals surface area (Å²) < 4.78 is 5.45. The summed E-state index contributed by atoms with van der Waals surface area (Å²) in [5, 5.41) is 14.7. The Kier molecular flexibility index (Phi) is 5.85. The second-order valence-electron chi connectivity index (χ2n) is 6.31. The molecular weight excluding hydrogens is 272 g/mol. The van der Waals surface area contributed by atoms with Gasteiger partial charge in [-0.3, -0.25) is 4.79 Å². The Hall–Kier alpha value is -1.30. The number of amides is 2. The number of carbonyl (C=O) groups is 2. The molecule has 6 heteroatoms. The SMILES string of the molecule is O=C(O)CC1(NC(=O)NCCOCC2CC2)CCCCC1. The van der Waals surface area contributed by atoms with Crippen molar-refractivity contribution in [3.05, 3.63) is 0 Å². The molecule has 0 radical (unpaired) electrons. The molecule has 2 aliphatic carbocycles. The molecule has 6 nitrogen and oxygen atoms in total. The predicted molar refractivity (Wildman–Crippen MR) is 78.1 cm³/mol. The van der Waals surface area contributed by atoms with Gasteiger partial charge < -0.3 is 20.5 Å². The number of nitrogens with one attached hydrogen (secondary N) is 2. The minimum atomic E-state index is -0.857. The van der Waals surface area contributed by atoms with Crippen molar-refractivity contribution in [2.45, 2.75) is 56.9 Å². The highest BCUT2D eigenvalue weighted by molar-refractivity contribution is 5.76. The van der Waals surface area contributed by atoms with Crippen molar-refractivity contribution in [3.63, 3.8) is 0 Å². The molecule has 0 aromatic carbocycles. The quantitative estimate of drug-likeness (QED) is 0.597. The van der Waals surface area contributed by atoms with Crippen LogP contribution in [-0.2, 0) is 9.53 Å². The number of carboxylic acid groups (broad SMARTS) is 1. The fraction of sp³-hybridized carbons (Fsp3) is 0.867. The molecule has 0 heterocycles. The first-order valence-electron chi connectivity index (χ1n) is 7.95. The average molecular weight is 298 g/mol. The van der Waals surface area contributed by atoms with Crippen LogP contribution in [0.3, 0.4) is 0 Å². The largest absolute Gasteiger partial charge is 0.481 e. The van der Waals surface area contributed by atoms with Crippen molar-refractivity contribution in [1.82, 2.24) is 10.6 Å². The van der Waals surface area contributed by atoms with Crippen molar-refractivity contribution in [2.75, 3.05) is 19.8 Å². The zero-order valence-corrected chi connectivity index (χ0v) is 12.5. The first-order valence-corrected chi connectivity index (χ1v) is 7.95. The number of hydrogen-bond donors (Lipinski definition) is 3. The number of urea groups is 1. The Morgan fingerprint density at radius 2 is 1.90 bits per heavy atom. The van der Waals surface area contributed by atoms with E-state index in [9.17, 15) is 9.59 Å². The van der Waals surface area contributed by atoms with Crippen molar-refractivity contribution in [3.8, 4) is 0 Å². The van der Waals surface area contributed by atoms with E-state index in [0.717, 1.165) is 44.6 Å². The Balaban J connectivity index is 1.68. The van der Waals surface area contributed by atoms with E-state index in [-0.39, 0.29) is 12.5 Å². The van der Waals surface area contributed by atoms with Gasteiger partial charge in [0.2, 0.25) is 0 Å². The van der Waals surface area contributed by atoms with E-state index in [4.69, 9.17) is 9.84 Å². The molecule has 120 valence electrons. The van der Waals surface area contributed by atoms with Gasteiger partial charge in [0.15, 0.2) is 0 Å². The van der Waals surface area contributed by atoms with E-state index < -0.39 is 11.5 Å². The fourth-order valence-corrected chi connectivity index (χ4v) is 2.92. The standard InChI is InChI=1S/C15H26N2O4/c18-13(19)10-15(6-2-1-3-7-15)17-14(20)16-8-9-21-11-12-4-5-12/h12H,1-11H2,(H,18,19)(H2,16,17,20). The molecule has 3 N–H and O–H groups in total. The van der Waals surface area contributed by atoms with Crippen LogP contribution in [-0.4, -0.2) is 42.4 Å². The van der Waals surface area contributed by atoms with Crippen molar-refractivity contribution >= 4 is 12.0 Å². The molecule has 2 rings (SSSR count). The number of ether oxygens (including phenoxy) is 1. The monoisotopic (exact) mass is 298 g/mol. The lowest BCUT2D eigenvalue weighted by Gasteiger charge is -2.36. The third kappa shape index (κ3) is 5.91. The zero-order chi connectivity index (χ0) is 15.1. The first-order chi connectivity index (χ1) is 10.1. The molecule has 2 fully saturated rings. The van der Waals surface area contributed by atoms with E-state index in [1.807, 2.05) is 0 Å². The normalized spacial score (nSPS) is 20.8. The molecule has 2 aliphatic rings. The van der Waals surface area contributed by atoms with E-state index >= 15 is 0 Å². The summed E-state index contributed by atoms with van der Waals surface area (Å²) in [6, 6.07) is -0.284. The lowest BCUT2D eigenvalue weighted by molar-refractivity contribution is -0.139.